The van der Waals surface area contributed by atoms with Gasteiger partial charge in [-0.1, -0.05) is 31.5 Å². The smallest absolute Gasteiger partial charge is 0.156 e. The number of fused-ring (bicyclic) bond motifs is 1. The minimum atomic E-state index is -0.770. The van der Waals surface area contributed by atoms with Gasteiger partial charge in [-0.3, -0.25) is 0 Å². The van der Waals surface area contributed by atoms with Crippen LogP contribution in [0.25, 0.3) is 0 Å². The maximum Gasteiger partial charge on any atom is 0.156 e. The second-order valence-corrected chi connectivity index (χ2v) is 6.22. The molecule has 2 heteroatoms. The van der Waals surface area contributed by atoms with Crippen molar-refractivity contribution in [2.24, 2.45) is 0 Å². The molecule has 0 amide bonds. The van der Waals surface area contributed by atoms with Crippen LogP contribution in [-0.4, -0.2) is 10.3 Å². The van der Waals surface area contributed by atoms with Crippen LogP contribution in [0.1, 0.15) is 31.4 Å². The molecule has 0 saturated heterocycles. The molecule has 2 rings (SSSR count). The third-order valence-electron chi connectivity index (χ3n) is 3.02. The molecule has 1 aromatic carbocycles. The molecule has 0 fully saturated rings. The van der Waals surface area contributed by atoms with Crippen LogP contribution in [-0.2, 0) is 16.6 Å². The van der Waals surface area contributed by atoms with E-state index in [1.54, 1.807) is 0 Å². The maximum absolute atomic E-state index is 11.8. The summed E-state index contributed by atoms with van der Waals surface area (Å²) in [6.07, 6.45) is 1.02. The van der Waals surface area contributed by atoms with Gasteiger partial charge in [0.25, 0.3) is 0 Å². The lowest BCUT2D eigenvalue weighted by Crippen LogP contribution is -2.30. The molecule has 1 atom stereocenters. The molecule has 1 nitrogen and oxygen atoms in total. The van der Waals surface area contributed by atoms with Crippen molar-refractivity contribution in [3.63, 3.8) is 0 Å². The minimum Gasteiger partial charge on any atom is -0.611 e. The predicted octanol–water partition coefficient (Wildman–Crippen LogP) is 2.78. The second-order valence-electron chi connectivity index (χ2n) is 4.68. The molecule has 0 spiro atoms. The normalized spacial score (nSPS) is 24.4. The van der Waals surface area contributed by atoms with Crippen LogP contribution in [0.3, 0.4) is 0 Å². The van der Waals surface area contributed by atoms with Crippen molar-refractivity contribution in [1.29, 1.82) is 0 Å². The zero-order valence-corrected chi connectivity index (χ0v) is 9.78. The van der Waals surface area contributed by atoms with E-state index in [-0.39, 0.29) is 5.41 Å². The van der Waals surface area contributed by atoms with Crippen LogP contribution >= 0.6 is 0 Å². The van der Waals surface area contributed by atoms with Gasteiger partial charge in [0.1, 0.15) is 5.75 Å². The first-order valence-electron chi connectivity index (χ1n) is 5.00. The highest BCUT2D eigenvalue weighted by Gasteiger charge is 2.34. The van der Waals surface area contributed by atoms with E-state index in [0.29, 0.717) is 0 Å². The van der Waals surface area contributed by atoms with E-state index < -0.39 is 11.2 Å². The fourth-order valence-corrected chi connectivity index (χ4v) is 3.68. The first-order chi connectivity index (χ1) is 6.50. The van der Waals surface area contributed by atoms with Crippen molar-refractivity contribution >= 4 is 11.2 Å². The number of aryl methyl sites for hydroxylation is 1. The maximum atomic E-state index is 11.8. The highest BCUT2D eigenvalue weighted by atomic mass is 32.2. The van der Waals surface area contributed by atoms with Crippen molar-refractivity contribution in [2.75, 3.05) is 5.75 Å². The Balaban J connectivity index is 2.58. The number of hydrogen-bond acceptors (Lipinski definition) is 1. The molecule has 1 aromatic rings. The molecule has 0 N–H and O–H groups in total. The van der Waals surface area contributed by atoms with Crippen molar-refractivity contribution in [1.82, 2.24) is 0 Å². The van der Waals surface area contributed by atoms with Gasteiger partial charge in [0.05, 0.1) is 0 Å². The monoisotopic (exact) mass is 208 g/mol. The minimum absolute atomic E-state index is 0.190. The molecule has 76 valence electrons. The quantitative estimate of drug-likeness (QED) is 0.601. The highest BCUT2D eigenvalue weighted by Crippen LogP contribution is 2.38. The average Bonchev–Trinajstić information content (AvgIpc) is 2.12. The highest BCUT2D eigenvalue weighted by molar-refractivity contribution is 7.91. The van der Waals surface area contributed by atoms with E-state index >= 15 is 0 Å². The van der Waals surface area contributed by atoms with Crippen molar-refractivity contribution in [3.8, 4) is 0 Å². The Bertz CT molecular complexity index is 357. The van der Waals surface area contributed by atoms with Gasteiger partial charge in [0.2, 0.25) is 0 Å². The van der Waals surface area contributed by atoms with E-state index in [2.05, 4.69) is 32.9 Å². The van der Waals surface area contributed by atoms with Gasteiger partial charge in [-0.15, -0.1) is 0 Å². The lowest BCUT2D eigenvalue weighted by molar-refractivity contribution is 0.472. The largest absolute Gasteiger partial charge is 0.611 e. The van der Waals surface area contributed by atoms with E-state index in [0.717, 1.165) is 17.1 Å². The average molecular weight is 208 g/mol. The van der Waals surface area contributed by atoms with E-state index in [1.165, 1.54) is 11.1 Å². The Hall–Kier alpha value is -0.470. The lowest BCUT2D eigenvalue weighted by Gasteiger charge is -2.32. The fourth-order valence-electron chi connectivity index (χ4n) is 1.96. The van der Waals surface area contributed by atoms with Crippen LogP contribution in [0, 0.1) is 6.92 Å². The van der Waals surface area contributed by atoms with E-state index in [9.17, 15) is 4.55 Å². The Morgan fingerprint density at radius 1 is 1.36 bits per heavy atom. The molecular formula is C12H16OS. The van der Waals surface area contributed by atoms with Crippen molar-refractivity contribution < 1.29 is 4.55 Å². The zero-order valence-electron chi connectivity index (χ0n) is 8.96. The van der Waals surface area contributed by atoms with Gasteiger partial charge in [-0.25, -0.2) is 0 Å². The predicted molar refractivity (Wildman–Crippen MR) is 60.1 cm³/mol. The summed E-state index contributed by atoms with van der Waals surface area (Å²) in [5.41, 5.74) is 2.73. The van der Waals surface area contributed by atoms with Gasteiger partial charge < -0.3 is 4.55 Å². The van der Waals surface area contributed by atoms with Crippen molar-refractivity contribution in [3.05, 3.63) is 29.3 Å². The standard InChI is InChI=1S/C12H16OS/c1-9-4-5-11-10(8-9)12(2,3)6-7-14(11)13/h4-5,8H,6-7H2,1-3H3. The number of rotatable bonds is 0. The summed E-state index contributed by atoms with van der Waals surface area (Å²) in [7, 11) is 0. The molecule has 1 aliphatic heterocycles. The Morgan fingerprint density at radius 2 is 2.07 bits per heavy atom. The molecule has 0 bridgehead atoms. The van der Waals surface area contributed by atoms with Gasteiger partial charge >= 0.3 is 0 Å². The van der Waals surface area contributed by atoms with Crippen LogP contribution < -0.4 is 0 Å². The molecular weight excluding hydrogens is 192 g/mol. The summed E-state index contributed by atoms with van der Waals surface area (Å²) in [6.45, 7) is 6.57. The topological polar surface area (TPSA) is 23.1 Å². The van der Waals surface area contributed by atoms with E-state index in [1.807, 2.05) is 6.07 Å². The number of benzene rings is 1. The molecule has 0 radical (unpaired) electrons. The van der Waals surface area contributed by atoms with Crippen LogP contribution in [0.5, 0.6) is 0 Å². The first-order valence-corrected chi connectivity index (χ1v) is 6.32. The lowest BCUT2D eigenvalue weighted by atomic mass is 9.81. The molecule has 0 aliphatic carbocycles. The van der Waals surface area contributed by atoms with Gasteiger partial charge in [0, 0.05) is 12.0 Å². The Labute approximate surface area is 88.7 Å². The second kappa shape index (κ2) is 3.28. The summed E-state index contributed by atoms with van der Waals surface area (Å²) >= 11 is -0.770. The SMILES string of the molecule is Cc1ccc2c(c1)C(C)(C)CC[S+]2[O-]. The molecule has 0 aromatic heterocycles. The fraction of sp³-hybridized carbons (Fsp3) is 0.500. The summed E-state index contributed by atoms with van der Waals surface area (Å²) in [5.74, 6) is 0.809. The Morgan fingerprint density at radius 3 is 2.79 bits per heavy atom. The van der Waals surface area contributed by atoms with Crippen LogP contribution in [0.15, 0.2) is 23.1 Å². The van der Waals surface area contributed by atoms with Gasteiger partial charge in [-0.2, -0.15) is 0 Å². The molecule has 14 heavy (non-hydrogen) atoms. The summed E-state index contributed by atoms with van der Waals surface area (Å²) in [4.78, 5) is 1.05. The number of hydrogen-bond donors (Lipinski definition) is 0. The first kappa shape index (κ1) is 10.1. The zero-order chi connectivity index (χ0) is 10.3. The van der Waals surface area contributed by atoms with Crippen LogP contribution in [0.4, 0.5) is 0 Å². The molecule has 1 heterocycles. The summed E-state index contributed by atoms with van der Waals surface area (Å²) in [5, 5.41) is 0. The van der Waals surface area contributed by atoms with Gasteiger partial charge in [0.15, 0.2) is 4.90 Å². The van der Waals surface area contributed by atoms with E-state index in [4.69, 9.17) is 0 Å². The molecule has 0 saturated carbocycles. The third-order valence-corrected chi connectivity index (χ3v) is 4.44. The summed E-state index contributed by atoms with van der Waals surface area (Å²) in [6, 6.07) is 6.27. The van der Waals surface area contributed by atoms with Gasteiger partial charge in [-0.05, 0) is 29.6 Å². The Kier molecular flexibility index (Phi) is 2.36. The molecule has 1 unspecified atom stereocenters. The van der Waals surface area contributed by atoms with Crippen LogP contribution in [0.2, 0.25) is 0 Å². The molecule has 1 aliphatic rings. The van der Waals surface area contributed by atoms with Crippen molar-refractivity contribution in [2.45, 2.75) is 37.5 Å². The summed E-state index contributed by atoms with van der Waals surface area (Å²) < 4.78 is 11.8. The third kappa shape index (κ3) is 1.57.